The van der Waals surface area contributed by atoms with Crippen molar-refractivity contribution >= 4 is 11.7 Å². The Bertz CT molecular complexity index is 720. The minimum absolute atomic E-state index is 0.0881. The molecule has 0 unspecified atom stereocenters. The van der Waals surface area contributed by atoms with E-state index in [1.165, 1.54) is 0 Å². The van der Waals surface area contributed by atoms with Crippen molar-refractivity contribution in [3.8, 4) is 0 Å². The molecule has 1 saturated heterocycles. The predicted octanol–water partition coefficient (Wildman–Crippen LogP) is 2.81. The van der Waals surface area contributed by atoms with Crippen LogP contribution in [0.1, 0.15) is 55.2 Å². The largest absolute Gasteiger partial charge is 0.381 e. The molecule has 2 N–H and O–H groups in total. The van der Waals surface area contributed by atoms with E-state index in [1.807, 2.05) is 24.5 Å². The molecule has 0 saturated carbocycles. The topological polar surface area (TPSA) is 81.1 Å². The Morgan fingerprint density at radius 1 is 1.30 bits per heavy atom. The van der Waals surface area contributed by atoms with E-state index >= 15 is 0 Å². The van der Waals surface area contributed by atoms with Crippen molar-refractivity contribution in [2.24, 2.45) is 0 Å². The first-order valence-electron chi connectivity index (χ1n) is 9.73. The summed E-state index contributed by atoms with van der Waals surface area (Å²) in [6, 6.07) is 4.08. The Morgan fingerprint density at radius 2 is 2.11 bits per heavy atom. The molecular formula is C20H29N5O2. The number of hydrogen-bond donors (Lipinski definition) is 2. The average molecular weight is 371 g/mol. The van der Waals surface area contributed by atoms with Gasteiger partial charge in [-0.3, -0.25) is 4.79 Å². The summed E-state index contributed by atoms with van der Waals surface area (Å²) in [5.74, 6) is 2.20. The fraction of sp³-hybridized carbons (Fsp3) is 0.550. The molecule has 0 aromatic carbocycles. The maximum absolute atomic E-state index is 12.3. The van der Waals surface area contributed by atoms with Gasteiger partial charge in [-0.05, 0) is 31.4 Å². The van der Waals surface area contributed by atoms with Gasteiger partial charge in [0.1, 0.15) is 11.6 Å². The normalized spacial score (nSPS) is 15.1. The van der Waals surface area contributed by atoms with Crippen LogP contribution >= 0.6 is 0 Å². The van der Waals surface area contributed by atoms with Crippen LogP contribution < -0.4 is 10.6 Å². The number of carbonyl (C=O) groups is 1. The monoisotopic (exact) mass is 371 g/mol. The zero-order valence-corrected chi connectivity index (χ0v) is 16.1. The van der Waals surface area contributed by atoms with Gasteiger partial charge in [0.2, 0.25) is 0 Å². The fourth-order valence-corrected chi connectivity index (χ4v) is 3.23. The zero-order valence-electron chi connectivity index (χ0n) is 16.1. The third-order valence-corrected chi connectivity index (χ3v) is 4.72. The van der Waals surface area contributed by atoms with Crippen LogP contribution in [0.4, 0.5) is 5.82 Å². The van der Waals surface area contributed by atoms with E-state index in [4.69, 9.17) is 4.74 Å². The summed E-state index contributed by atoms with van der Waals surface area (Å²) in [6.45, 7) is 7.31. The van der Waals surface area contributed by atoms with Crippen LogP contribution in [0, 0.1) is 0 Å². The van der Waals surface area contributed by atoms with Crippen LogP contribution in [0.5, 0.6) is 0 Å². The second-order valence-electron chi connectivity index (χ2n) is 7.21. The fourth-order valence-electron chi connectivity index (χ4n) is 3.23. The van der Waals surface area contributed by atoms with Crippen molar-refractivity contribution in [1.82, 2.24) is 19.9 Å². The maximum Gasteiger partial charge on any atom is 0.252 e. The quantitative estimate of drug-likeness (QED) is 0.698. The van der Waals surface area contributed by atoms with Gasteiger partial charge in [-0.25, -0.2) is 9.97 Å². The lowest BCUT2D eigenvalue weighted by atomic mass is 10.1. The number of rotatable bonds is 8. The van der Waals surface area contributed by atoms with Gasteiger partial charge in [0, 0.05) is 56.9 Å². The maximum atomic E-state index is 12.3. The lowest BCUT2D eigenvalue weighted by molar-refractivity contribution is 0.0904. The summed E-state index contributed by atoms with van der Waals surface area (Å²) in [5.41, 5.74) is 0.582. The predicted molar refractivity (Wildman–Crippen MR) is 105 cm³/mol. The Balaban J connectivity index is 1.42. The number of aryl methyl sites for hydroxylation is 1. The highest BCUT2D eigenvalue weighted by atomic mass is 16.5. The van der Waals surface area contributed by atoms with E-state index in [0.29, 0.717) is 24.1 Å². The Hall–Kier alpha value is -2.41. The number of amides is 1. The number of hydrogen-bond acceptors (Lipinski definition) is 5. The summed E-state index contributed by atoms with van der Waals surface area (Å²) < 4.78 is 7.51. The Labute approximate surface area is 160 Å². The lowest BCUT2D eigenvalue weighted by Crippen LogP contribution is -2.28. The summed E-state index contributed by atoms with van der Waals surface area (Å²) in [5, 5.41) is 6.36. The summed E-state index contributed by atoms with van der Waals surface area (Å²) in [7, 11) is 0. The zero-order chi connectivity index (χ0) is 19.1. The third kappa shape index (κ3) is 5.53. The summed E-state index contributed by atoms with van der Waals surface area (Å²) >= 11 is 0. The molecule has 1 aliphatic heterocycles. The molecule has 146 valence electrons. The van der Waals surface area contributed by atoms with Crippen LogP contribution in [-0.4, -0.2) is 46.2 Å². The molecule has 27 heavy (non-hydrogen) atoms. The number of carbonyl (C=O) groups excluding carboxylic acids is 1. The van der Waals surface area contributed by atoms with Crippen LogP contribution in [0.3, 0.4) is 0 Å². The van der Waals surface area contributed by atoms with E-state index in [2.05, 4.69) is 39.0 Å². The van der Waals surface area contributed by atoms with E-state index in [9.17, 15) is 4.79 Å². The van der Waals surface area contributed by atoms with Crippen molar-refractivity contribution in [1.29, 1.82) is 0 Å². The van der Waals surface area contributed by atoms with Gasteiger partial charge in [0.05, 0.1) is 5.56 Å². The van der Waals surface area contributed by atoms with E-state index in [-0.39, 0.29) is 5.91 Å². The van der Waals surface area contributed by atoms with Crippen molar-refractivity contribution in [3.05, 3.63) is 42.1 Å². The average Bonchev–Trinajstić information content (AvgIpc) is 3.15. The van der Waals surface area contributed by atoms with Gasteiger partial charge >= 0.3 is 0 Å². The van der Waals surface area contributed by atoms with E-state index in [0.717, 1.165) is 50.7 Å². The number of nitrogens with zero attached hydrogens (tertiary/aromatic N) is 3. The lowest BCUT2D eigenvalue weighted by Gasteiger charge is -2.23. The highest BCUT2D eigenvalue weighted by molar-refractivity contribution is 5.94. The van der Waals surface area contributed by atoms with Crippen LogP contribution in [-0.2, 0) is 11.3 Å². The smallest absolute Gasteiger partial charge is 0.252 e. The van der Waals surface area contributed by atoms with Crippen LogP contribution in [0.15, 0.2) is 30.7 Å². The molecule has 2 aromatic heterocycles. The van der Waals surface area contributed by atoms with E-state index < -0.39 is 0 Å². The molecule has 7 nitrogen and oxygen atoms in total. The molecule has 0 bridgehead atoms. The molecule has 0 spiro atoms. The van der Waals surface area contributed by atoms with E-state index in [1.54, 1.807) is 6.20 Å². The van der Waals surface area contributed by atoms with Gasteiger partial charge in [-0.2, -0.15) is 0 Å². The standard InChI is InChI=1S/C20H29N5O2/c1-15(2)19-21-9-11-25(19)10-3-8-22-20(26)16-4-5-18(23-14-16)24-17-6-12-27-13-7-17/h4-5,9,11,14-15,17H,3,6-8,10,12-13H2,1-2H3,(H,22,26)(H,23,24). The molecule has 0 atom stereocenters. The molecule has 3 rings (SSSR count). The molecular weight excluding hydrogens is 342 g/mol. The second kappa shape index (κ2) is 9.50. The van der Waals surface area contributed by atoms with Gasteiger partial charge in [-0.15, -0.1) is 0 Å². The molecule has 1 fully saturated rings. The SMILES string of the molecule is CC(C)c1nccn1CCCNC(=O)c1ccc(NC2CCOCC2)nc1. The van der Waals surface area contributed by atoms with Gasteiger partial charge < -0.3 is 19.9 Å². The number of aromatic nitrogens is 3. The number of anilines is 1. The minimum atomic E-state index is -0.0881. The van der Waals surface area contributed by atoms with Crippen LogP contribution in [0.25, 0.3) is 0 Å². The second-order valence-corrected chi connectivity index (χ2v) is 7.21. The summed E-state index contributed by atoms with van der Waals surface area (Å²) in [4.78, 5) is 21.0. The van der Waals surface area contributed by atoms with Crippen LogP contribution in [0.2, 0.25) is 0 Å². The molecule has 1 amide bonds. The summed E-state index contributed by atoms with van der Waals surface area (Å²) in [6.07, 6.45) is 8.28. The molecule has 3 heterocycles. The first-order chi connectivity index (χ1) is 13.1. The number of nitrogens with one attached hydrogen (secondary N) is 2. The van der Waals surface area contributed by atoms with Gasteiger partial charge in [0.25, 0.3) is 5.91 Å². The third-order valence-electron chi connectivity index (χ3n) is 4.72. The minimum Gasteiger partial charge on any atom is -0.381 e. The molecule has 2 aromatic rings. The van der Waals surface area contributed by atoms with Gasteiger partial charge in [-0.1, -0.05) is 13.8 Å². The van der Waals surface area contributed by atoms with Gasteiger partial charge in [0.15, 0.2) is 0 Å². The first-order valence-corrected chi connectivity index (χ1v) is 9.73. The van der Waals surface area contributed by atoms with Crippen molar-refractivity contribution in [2.75, 3.05) is 25.1 Å². The molecule has 0 aliphatic carbocycles. The number of imidazole rings is 1. The number of pyridine rings is 1. The highest BCUT2D eigenvalue weighted by Gasteiger charge is 2.14. The molecule has 7 heteroatoms. The van der Waals surface area contributed by atoms with Crippen molar-refractivity contribution in [2.45, 2.75) is 51.6 Å². The number of ether oxygens (including phenoxy) is 1. The van der Waals surface area contributed by atoms with Crippen molar-refractivity contribution < 1.29 is 9.53 Å². The first kappa shape index (κ1) is 19.4. The Morgan fingerprint density at radius 3 is 2.81 bits per heavy atom. The highest BCUT2D eigenvalue weighted by Crippen LogP contribution is 2.14. The molecule has 1 aliphatic rings. The Kier molecular flexibility index (Phi) is 6.81. The molecule has 0 radical (unpaired) electrons. The van der Waals surface area contributed by atoms with Crippen molar-refractivity contribution in [3.63, 3.8) is 0 Å².